The largest absolute Gasteiger partial charge is 0.317 e. The highest BCUT2D eigenvalue weighted by molar-refractivity contribution is 4.89. The van der Waals surface area contributed by atoms with Gasteiger partial charge in [-0.2, -0.15) is 0 Å². The molecule has 0 spiro atoms. The van der Waals surface area contributed by atoms with Crippen LogP contribution in [0.2, 0.25) is 0 Å². The van der Waals surface area contributed by atoms with Gasteiger partial charge in [0.05, 0.1) is 0 Å². The van der Waals surface area contributed by atoms with E-state index in [0.717, 1.165) is 6.42 Å². The third-order valence-electron chi connectivity index (χ3n) is 2.05. The van der Waals surface area contributed by atoms with Crippen LogP contribution in [0.1, 0.15) is 33.1 Å². The molecule has 0 aliphatic heterocycles. The van der Waals surface area contributed by atoms with Crippen LogP contribution in [0, 0.1) is 18.3 Å². The van der Waals surface area contributed by atoms with Crippen molar-refractivity contribution in [1.29, 1.82) is 0 Å². The van der Waals surface area contributed by atoms with E-state index in [-0.39, 0.29) is 0 Å². The molecule has 1 heteroatoms. The molecule has 0 radical (unpaired) electrons. The lowest BCUT2D eigenvalue weighted by Crippen LogP contribution is -2.20. The maximum atomic E-state index is 5.26. The Labute approximate surface area is 70.6 Å². The maximum Gasteiger partial charge on any atom is 0.0171 e. The number of hydrogen-bond acceptors (Lipinski definition) is 1. The zero-order valence-corrected chi connectivity index (χ0v) is 7.85. The normalized spacial score (nSPS) is 15.5. The average Bonchev–Trinajstić information content (AvgIpc) is 2.04. The molecule has 2 unspecified atom stereocenters. The molecule has 0 saturated carbocycles. The Morgan fingerprint density at radius 2 is 2.00 bits per heavy atom. The predicted octanol–water partition coefficient (Wildman–Crippen LogP) is 2.03. The summed E-state index contributed by atoms with van der Waals surface area (Å²) in [6.45, 7) is 4.30. The zero-order chi connectivity index (χ0) is 8.69. The first-order valence-corrected chi connectivity index (χ1v) is 4.34. The quantitative estimate of drug-likeness (QED) is 0.596. The van der Waals surface area contributed by atoms with E-state index in [2.05, 4.69) is 25.1 Å². The van der Waals surface area contributed by atoms with Gasteiger partial charge in [0.25, 0.3) is 0 Å². The molecule has 2 atom stereocenters. The fraction of sp³-hybridized carbons (Fsp3) is 0.800. The number of terminal acetylenes is 1. The van der Waals surface area contributed by atoms with Gasteiger partial charge in [0.15, 0.2) is 0 Å². The first-order valence-electron chi connectivity index (χ1n) is 4.34. The molecular formula is C10H19N. The van der Waals surface area contributed by atoms with Gasteiger partial charge in [-0.3, -0.25) is 0 Å². The van der Waals surface area contributed by atoms with Gasteiger partial charge < -0.3 is 5.32 Å². The molecule has 0 rings (SSSR count). The lowest BCUT2D eigenvalue weighted by atomic mass is 10.0. The van der Waals surface area contributed by atoms with Crippen molar-refractivity contribution in [3.63, 3.8) is 0 Å². The molecule has 0 saturated heterocycles. The maximum absolute atomic E-state index is 5.26. The summed E-state index contributed by atoms with van der Waals surface area (Å²) >= 11 is 0. The molecule has 0 aliphatic rings. The standard InChI is InChI=1S/C10H19N/c1-5-9(2)7-6-8-10(3)11-4/h1,9-11H,6-8H2,2-4H3. The van der Waals surface area contributed by atoms with E-state index in [1.54, 1.807) is 0 Å². The second kappa shape index (κ2) is 6.24. The molecular weight excluding hydrogens is 134 g/mol. The van der Waals surface area contributed by atoms with Gasteiger partial charge in [0.1, 0.15) is 0 Å². The molecule has 1 nitrogen and oxygen atoms in total. The molecule has 0 fully saturated rings. The summed E-state index contributed by atoms with van der Waals surface area (Å²) in [6.07, 6.45) is 8.87. The van der Waals surface area contributed by atoms with Crippen molar-refractivity contribution in [2.24, 2.45) is 5.92 Å². The van der Waals surface area contributed by atoms with Crippen molar-refractivity contribution in [2.75, 3.05) is 7.05 Å². The highest BCUT2D eigenvalue weighted by Gasteiger charge is 2.00. The van der Waals surface area contributed by atoms with Crippen molar-refractivity contribution < 1.29 is 0 Å². The minimum Gasteiger partial charge on any atom is -0.317 e. The molecule has 0 aromatic rings. The fourth-order valence-electron chi connectivity index (χ4n) is 0.958. The van der Waals surface area contributed by atoms with Crippen LogP contribution in [0.15, 0.2) is 0 Å². The van der Waals surface area contributed by atoms with Crippen LogP contribution < -0.4 is 5.32 Å². The van der Waals surface area contributed by atoms with E-state index in [9.17, 15) is 0 Å². The molecule has 0 amide bonds. The van der Waals surface area contributed by atoms with Gasteiger partial charge in [-0.15, -0.1) is 12.3 Å². The Bertz CT molecular complexity index is 123. The van der Waals surface area contributed by atoms with Gasteiger partial charge in [0, 0.05) is 12.0 Å². The summed E-state index contributed by atoms with van der Waals surface area (Å²) < 4.78 is 0. The lowest BCUT2D eigenvalue weighted by Gasteiger charge is -2.09. The molecule has 0 aromatic carbocycles. The van der Waals surface area contributed by atoms with Crippen molar-refractivity contribution in [1.82, 2.24) is 5.32 Å². The van der Waals surface area contributed by atoms with E-state index in [1.165, 1.54) is 12.8 Å². The van der Waals surface area contributed by atoms with Crippen molar-refractivity contribution in [3.8, 4) is 12.3 Å². The van der Waals surface area contributed by atoms with Crippen LogP contribution in [-0.4, -0.2) is 13.1 Å². The molecule has 1 N–H and O–H groups in total. The summed E-state index contributed by atoms with van der Waals surface area (Å²) in [5.41, 5.74) is 0. The second-order valence-electron chi connectivity index (χ2n) is 3.19. The Morgan fingerprint density at radius 1 is 1.36 bits per heavy atom. The number of rotatable bonds is 5. The van der Waals surface area contributed by atoms with Crippen LogP contribution in [0.4, 0.5) is 0 Å². The van der Waals surface area contributed by atoms with Crippen LogP contribution in [-0.2, 0) is 0 Å². The van der Waals surface area contributed by atoms with E-state index in [1.807, 2.05) is 7.05 Å². The molecule has 11 heavy (non-hydrogen) atoms. The van der Waals surface area contributed by atoms with E-state index >= 15 is 0 Å². The summed E-state index contributed by atoms with van der Waals surface area (Å²) in [7, 11) is 2.00. The molecule has 0 aliphatic carbocycles. The van der Waals surface area contributed by atoms with E-state index in [4.69, 9.17) is 6.42 Å². The number of nitrogens with one attached hydrogen (secondary N) is 1. The molecule has 0 aromatic heterocycles. The number of hydrogen-bond donors (Lipinski definition) is 1. The van der Waals surface area contributed by atoms with Crippen LogP contribution in [0.5, 0.6) is 0 Å². The molecule has 64 valence electrons. The lowest BCUT2D eigenvalue weighted by molar-refractivity contribution is 0.503. The minimum absolute atomic E-state index is 0.444. The smallest absolute Gasteiger partial charge is 0.0171 e. The molecule has 0 heterocycles. The Balaban J connectivity index is 3.21. The zero-order valence-electron chi connectivity index (χ0n) is 7.85. The molecule has 0 bridgehead atoms. The fourth-order valence-corrected chi connectivity index (χ4v) is 0.958. The van der Waals surface area contributed by atoms with Crippen molar-refractivity contribution in [2.45, 2.75) is 39.2 Å². The van der Waals surface area contributed by atoms with Crippen molar-refractivity contribution in [3.05, 3.63) is 0 Å². The first-order chi connectivity index (χ1) is 5.20. The summed E-state index contributed by atoms with van der Waals surface area (Å²) in [5, 5.41) is 3.21. The third-order valence-corrected chi connectivity index (χ3v) is 2.05. The summed E-state index contributed by atoms with van der Waals surface area (Å²) in [6, 6.07) is 0.625. The SMILES string of the molecule is C#CC(C)CCCC(C)NC. The third kappa shape index (κ3) is 5.94. The Kier molecular flexibility index (Phi) is 5.97. The van der Waals surface area contributed by atoms with E-state index in [0.29, 0.717) is 12.0 Å². The van der Waals surface area contributed by atoms with Crippen LogP contribution in [0.3, 0.4) is 0 Å². The van der Waals surface area contributed by atoms with Crippen molar-refractivity contribution >= 4 is 0 Å². The van der Waals surface area contributed by atoms with Gasteiger partial charge in [0.2, 0.25) is 0 Å². The summed E-state index contributed by atoms with van der Waals surface area (Å²) in [4.78, 5) is 0. The minimum atomic E-state index is 0.444. The first kappa shape index (κ1) is 10.5. The van der Waals surface area contributed by atoms with Gasteiger partial charge >= 0.3 is 0 Å². The Hall–Kier alpha value is -0.480. The van der Waals surface area contributed by atoms with Gasteiger partial charge in [-0.25, -0.2) is 0 Å². The average molecular weight is 153 g/mol. The van der Waals surface area contributed by atoms with Crippen LogP contribution >= 0.6 is 0 Å². The predicted molar refractivity (Wildman–Crippen MR) is 50.4 cm³/mol. The van der Waals surface area contributed by atoms with E-state index < -0.39 is 0 Å². The van der Waals surface area contributed by atoms with Gasteiger partial charge in [-0.1, -0.05) is 13.3 Å². The monoisotopic (exact) mass is 153 g/mol. The topological polar surface area (TPSA) is 12.0 Å². The Morgan fingerprint density at radius 3 is 2.45 bits per heavy atom. The highest BCUT2D eigenvalue weighted by Crippen LogP contribution is 2.07. The van der Waals surface area contributed by atoms with Gasteiger partial charge in [-0.05, 0) is 26.8 Å². The summed E-state index contributed by atoms with van der Waals surface area (Å²) in [5.74, 6) is 3.18. The van der Waals surface area contributed by atoms with Crippen LogP contribution in [0.25, 0.3) is 0 Å². The second-order valence-corrected chi connectivity index (χ2v) is 3.19. The highest BCUT2D eigenvalue weighted by atomic mass is 14.8.